The van der Waals surface area contributed by atoms with Gasteiger partial charge in [-0.25, -0.2) is 0 Å². The molecule has 21 rings (SSSR count). The Labute approximate surface area is 552 Å². The average Bonchev–Trinajstić information content (AvgIpc) is 1.49. The monoisotopic (exact) mass is 1220 g/mol. The van der Waals surface area contributed by atoms with E-state index in [1.165, 1.54) is 82.9 Å². The number of para-hydroxylation sites is 5. The number of aromatic nitrogens is 1. The first-order valence-corrected chi connectivity index (χ1v) is 33.1. The van der Waals surface area contributed by atoms with Gasteiger partial charge in [0, 0.05) is 77.1 Å². The minimum absolute atomic E-state index is 0.0369. The van der Waals surface area contributed by atoms with Crippen LogP contribution in [0.3, 0.4) is 0 Å². The van der Waals surface area contributed by atoms with E-state index in [0.717, 1.165) is 106 Å². The minimum atomic E-state index is -0.0578. The van der Waals surface area contributed by atoms with E-state index in [4.69, 9.17) is 8.83 Å². The summed E-state index contributed by atoms with van der Waals surface area (Å²) in [5, 5.41) is 9.14. The summed E-state index contributed by atoms with van der Waals surface area (Å²) in [7, 11) is 0. The number of furan rings is 2. The number of hydrogen-bond donors (Lipinski definition) is 0. The molecular weight excluding hydrogens is 1170 g/mol. The molecule has 6 nitrogen and oxygen atoms in total. The molecule has 0 spiro atoms. The van der Waals surface area contributed by atoms with Crippen LogP contribution in [0.5, 0.6) is 0 Å². The third-order valence-electron chi connectivity index (χ3n) is 20.7. The van der Waals surface area contributed by atoms with Crippen molar-refractivity contribution in [3.8, 4) is 44.5 Å². The summed E-state index contributed by atoms with van der Waals surface area (Å²) in [5.74, 6) is -0.0369. The first-order chi connectivity index (χ1) is 47.7. The third-order valence-corrected chi connectivity index (χ3v) is 20.7. The predicted octanol–water partition coefficient (Wildman–Crippen LogP) is 24.8. The maximum absolute atomic E-state index is 7.00. The first kappa shape index (κ1) is 52.9. The summed E-state index contributed by atoms with van der Waals surface area (Å²) >= 11 is 0. The largest absolute Gasteiger partial charge is 0.454 e. The van der Waals surface area contributed by atoms with Crippen molar-refractivity contribution in [2.24, 2.45) is 0 Å². The molecule has 0 N–H and O–H groups in total. The lowest BCUT2D eigenvalue weighted by Gasteiger charge is -2.29. The lowest BCUT2D eigenvalue weighted by molar-refractivity contribution is 0.668. The van der Waals surface area contributed by atoms with Gasteiger partial charge in [-0.1, -0.05) is 255 Å². The van der Waals surface area contributed by atoms with Gasteiger partial charge in [-0.3, -0.25) is 0 Å². The van der Waals surface area contributed by atoms with Gasteiger partial charge in [0.05, 0.1) is 56.7 Å². The third kappa shape index (κ3) is 7.46. The van der Waals surface area contributed by atoms with Crippen LogP contribution in [-0.2, 0) is 0 Å². The molecule has 96 heavy (non-hydrogen) atoms. The molecular formula is C90H56N4O2. The number of rotatable bonds is 10. The van der Waals surface area contributed by atoms with E-state index in [1.807, 2.05) is 0 Å². The Hall–Kier alpha value is -12.6. The summed E-state index contributed by atoms with van der Waals surface area (Å²) in [4.78, 5) is 7.66. The molecule has 6 heteroatoms. The molecule has 1 unspecified atom stereocenters. The minimum Gasteiger partial charge on any atom is -0.454 e. The quantitative estimate of drug-likeness (QED) is 0.136. The van der Waals surface area contributed by atoms with Gasteiger partial charge >= 0.3 is 0 Å². The van der Waals surface area contributed by atoms with Crippen molar-refractivity contribution in [3.05, 3.63) is 339 Å². The van der Waals surface area contributed by atoms with Crippen LogP contribution in [0.25, 0.3) is 132 Å². The van der Waals surface area contributed by atoms with Crippen LogP contribution in [0.15, 0.2) is 336 Å². The molecule has 448 valence electrons. The SMILES string of the molecule is C1=C[C@@H]2c3c(c(-c4ccccc4)c4c5cccc6c7c(N(c8cccc(-c9ccccc9)c8)c8cccc9c8oc8ccccc89)cccc7n(c4c3-c3ccccc3)c65)N3c4cccc(N(c5cccc(-c6ccccc6)c5)c5cccc6c5oc5ccccc56)c4C(=C1)C23. The van der Waals surface area contributed by atoms with Crippen LogP contribution in [0.1, 0.15) is 17.0 Å². The molecule has 0 fully saturated rings. The van der Waals surface area contributed by atoms with Crippen molar-refractivity contribution < 1.29 is 8.83 Å². The van der Waals surface area contributed by atoms with Gasteiger partial charge < -0.3 is 27.9 Å². The maximum Gasteiger partial charge on any atom is 0.159 e. The summed E-state index contributed by atoms with van der Waals surface area (Å²) < 4.78 is 16.6. The lowest BCUT2D eigenvalue weighted by atomic mass is 9.79. The number of hydrogen-bond acceptors (Lipinski definition) is 5. The molecule has 6 heterocycles. The van der Waals surface area contributed by atoms with Crippen molar-refractivity contribution in [3.63, 3.8) is 0 Å². The van der Waals surface area contributed by atoms with E-state index in [1.54, 1.807) is 0 Å². The van der Waals surface area contributed by atoms with Crippen LogP contribution in [-0.4, -0.2) is 10.4 Å². The second kappa shape index (κ2) is 20.4. The molecule has 0 radical (unpaired) electrons. The van der Waals surface area contributed by atoms with Crippen LogP contribution < -0.4 is 14.7 Å². The Bertz CT molecular complexity index is 6300. The molecule has 0 saturated heterocycles. The molecule has 1 aliphatic carbocycles. The highest BCUT2D eigenvalue weighted by Crippen LogP contribution is 2.67. The second-order valence-electron chi connectivity index (χ2n) is 25.7. The van der Waals surface area contributed by atoms with Crippen LogP contribution in [0.2, 0.25) is 0 Å². The molecule has 0 saturated carbocycles. The second-order valence-corrected chi connectivity index (χ2v) is 25.7. The topological polar surface area (TPSA) is 40.4 Å². The van der Waals surface area contributed by atoms with E-state index < -0.39 is 0 Å². The fraction of sp³-hybridized carbons (Fsp3) is 0.0222. The molecule has 0 amide bonds. The van der Waals surface area contributed by atoms with Crippen LogP contribution >= 0.6 is 0 Å². The average molecular weight is 1230 g/mol. The Morgan fingerprint density at radius 2 is 0.792 bits per heavy atom. The fourth-order valence-corrected chi connectivity index (χ4v) is 16.9. The molecule has 14 aromatic carbocycles. The zero-order valence-corrected chi connectivity index (χ0v) is 51.9. The molecule has 0 bridgehead atoms. The Balaban J connectivity index is 0.849. The van der Waals surface area contributed by atoms with Gasteiger partial charge in [-0.15, -0.1) is 0 Å². The normalized spacial score (nSPS) is 14.7. The van der Waals surface area contributed by atoms with Gasteiger partial charge in [0.15, 0.2) is 11.2 Å². The summed E-state index contributed by atoms with van der Waals surface area (Å²) in [6.45, 7) is 0. The number of allylic oxidation sites excluding steroid dienone is 2. The van der Waals surface area contributed by atoms with Crippen molar-refractivity contribution in [2.75, 3.05) is 14.7 Å². The number of benzene rings is 14. The molecule has 4 aromatic heterocycles. The van der Waals surface area contributed by atoms with E-state index >= 15 is 0 Å². The van der Waals surface area contributed by atoms with E-state index in [2.05, 4.69) is 347 Å². The Morgan fingerprint density at radius 3 is 1.41 bits per heavy atom. The molecule has 18 aromatic rings. The molecule has 3 aliphatic rings. The standard InChI is InChI=1S/C90H56N4O2/c1-5-25-55(26-6-1)59-33-17-35-61(53-59)91(75-49-21-39-65-63-37-13-15-51-77(63)95-89(65)75)71-45-23-47-73-81(71)67-41-19-43-69-83-80(58-31-11-4-12-32-58)88-84(79(57-29-9-3-10-30-57)87(83)93(73)85(67)69)70-44-20-42-68-82-72(46-24-48-74(82)94(88)86(68)70)92(62-36-18-34-60(54-62)56-27-7-2-8-28-56)76-50-22-40-66-64-38-14-16-52-78(64)96-90(66)76/h1-54,69,85H/t69-,85?/m1/s1. The predicted molar refractivity (Wildman–Crippen MR) is 399 cm³/mol. The lowest BCUT2D eigenvalue weighted by Crippen LogP contribution is -2.26. The van der Waals surface area contributed by atoms with E-state index in [-0.39, 0.29) is 12.0 Å². The fourth-order valence-electron chi connectivity index (χ4n) is 16.9. The number of nitrogens with zero attached hydrogens (tertiary/aromatic N) is 4. The van der Waals surface area contributed by atoms with Gasteiger partial charge in [-0.05, 0) is 117 Å². The van der Waals surface area contributed by atoms with Crippen molar-refractivity contribution in [1.82, 2.24) is 4.40 Å². The zero-order valence-electron chi connectivity index (χ0n) is 51.9. The zero-order chi connectivity index (χ0) is 62.7. The van der Waals surface area contributed by atoms with Crippen molar-refractivity contribution in [2.45, 2.75) is 12.0 Å². The van der Waals surface area contributed by atoms with Gasteiger partial charge in [0.2, 0.25) is 0 Å². The number of anilines is 8. The smallest absolute Gasteiger partial charge is 0.159 e. The van der Waals surface area contributed by atoms with E-state index in [9.17, 15) is 0 Å². The summed E-state index contributed by atoms with van der Waals surface area (Å²) in [5.41, 5.74) is 28.8. The summed E-state index contributed by atoms with van der Waals surface area (Å²) in [6.07, 6.45) is 7.24. The van der Waals surface area contributed by atoms with Crippen LogP contribution in [0.4, 0.5) is 45.5 Å². The Morgan fingerprint density at radius 1 is 0.333 bits per heavy atom. The molecule has 2 aliphatic heterocycles. The van der Waals surface area contributed by atoms with E-state index in [0.29, 0.717) is 0 Å². The highest BCUT2D eigenvalue weighted by atomic mass is 16.3. The van der Waals surface area contributed by atoms with Gasteiger partial charge in [-0.2, -0.15) is 0 Å². The van der Waals surface area contributed by atoms with Gasteiger partial charge in [0.25, 0.3) is 0 Å². The first-order valence-electron chi connectivity index (χ1n) is 33.1. The highest BCUT2D eigenvalue weighted by Gasteiger charge is 2.52. The van der Waals surface area contributed by atoms with Crippen molar-refractivity contribution >= 4 is 133 Å². The highest BCUT2D eigenvalue weighted by molar-refractivity contribution is 6.32. The van der Waals surface area contributed by atoms with Crippen LogP contribution in [0, 0.1) is 0 Å². The maximum atomic E-state index is 7.00. The molecule has 2 atom stereocenters. The van der Waals surface area contributed by atoms with Crippen molar-refractivity contribution in [1.29, 1.82) is 0 Å². The Kier molecular flexibility index (Phi) is 11.3. The van der Waals surface area contributed by atoms with Gasteiger partial charge in [0.1, 0.15) is 11.2 Å². The summed E-state index contributed by atoms with van der Waals surface area (Å²) in [6, 6.07) is 113. The number of fused-ring (bicyclic) bond motifs is 18.